The predicted octanol–water partition coefficient (Wildman–Crippen LogP) is 13.8. The second kappa shape index (κ2) is 10.6. The molecule has 0 N–H and O–H groups in total. The maximum absolute atomic E-state index is 6.67. The summed E-state index contributed by atoms with van der Waals surface area (Å²) in [5, 5.41) is 7.33. The molecule has 0 radical (unpaired) electrons. The van der Waals surface area contributed by atoms with Crippen LogP contribution >= 0.6 is 0 Å². The van der Waals surface area contributed by atoms with Crippen molar-refractivity contribution >= 4 is 65.6 Å². The average molecular weight is 691 g/mol. The molecule has 8 aromatic carbocycles. The average Bonchev–Trinajstić information content (AvgIpc) is 3.93. The van der Waals surface area contributed by atoms with Gasteiger partial charge in [-0.2, -0.15) is 0 Å². The summed E-state index contributed by atoms with van der Waals surface area (Å²) in [6, 6.07) is 62.0. The molecule has 254 valence electrons. The topological polar surface area (TPSA) is 23.0 Å². The van der Waals surface area contributed by atoms with Gasteiger partial charge in [0.2, 0.25) is 0 Å². The standard InChI is InChI=1S/C51H34N2O/c1-51(2)41-19-9-6-15-34(41)37-25-28-45-48(49(37)51)40-30-32(24-27-44(40)53(45)46-21-12-18-38-36-17-8-11-22-47(36)54-50(38)46)31-23-26-43-39(29-31)35-16-7-10-20-42(35)52(43)33-13-4-3-5-14-33/h3-30H,1-2H3. The highest BCUT2D eigenvalue weighted by atomic mass is 16.3. The molecule has 0 spiro atoms. The lowest BCUT2D eigenvalue weighted by molar-refractivity contribution is 0.666. The minimum Gasteiger partial charge on any atom is -0.454 e. The highest BCUT2D eigenvalue weighted by molar-refractivity contribution is 6.17. The van der Waals surface area contributed by atoms with Crippen molar-refractivity contribution in [3.8, 4) is 33.6 Å². The van der Waals surface area contributed by atoms with Crippen LogP contribution in [0.25, 0.3) is 99.2 Å². The molecule has 12 rings (SSSR count). The van der Waals surface area contributed by atoms with E-state index in [0.717, 1.165) is 27.6 Å². The molecule has 0 saturated carbocycles. The summed E-state index contributed by atoms with van der Waals surface area (Å²) >= 11 is 0. The normalized spacial score (nSPS) is 13.5. The molecular weight excluding hydrogens is 657 g/mol. The van der Waals surface area contributed by atoms with Crippen molar-refractivity contribution in [2.24, 2.45) is 0 Å². The van der Waals surface area contributed by atoms with Gasteiger partial charge in [0, 0.05) is 43.4 Å². The molecule has 3 heterocycles. The summed E-state index contributed by atoms with van der Waals surface area (Å²) in [4.78, 5) is 0. The van der Waals surface area contributed by atoms with E-state index in [1.165, 1.54) is 82.7 Å². The summed E-state index contributed by atoms with van der Waals surface area (Å²) < 4.78 is 11.5. The number of aromatic nitrogens is 2. The van der Waals surface area contributed by atoms with Crippen LogP contribution in [0.5, 0.6) is 0 Å². The van der Waals surface area contributed by atoms with Crippen molar-refractivity contribution in [2.45, 2.75) is 19.3 Å². The van der Waals surface area contributed by atoms with Crippen LogP contribution in [0.1, 0.15) is 25.0 Å². The fraction of sp³-hybridized carbons (Fsp3) is 0.0588. The maximum Gasteiger partial charge on any atom is 0.159 e. The van der Waals surface area contributed by atoms with Crippen molar-refractivity contribution < 1.29 is 4.42 Å². The van der Waals surface area contributed by atoms with E-state index in [1.807, 2.05) is 6.07 Å². The van der Waals surface area contributed by atoms with Crippen molar-refractivity contribution in [3.63, 3.8) is 0 Å². The Morgan fingerprint density at radius 1 is 0.444 bits per heavy atom. The minimum absolute atomic E-state index is 0.176. The third-order valence-corrected chi connectivity index (χ3v) is 12.1. The number of hydrogen-bond donors (Lipinski definition) is 0. The van der Waals surface area contributed by atoms with E-state index < -0.39 is 0 Å². The quantitative estimate of drug-likeness (QED) is 0.181. The molecule has 0 atom stereocenters. The lowest BCUT2D eigenvalue weighted by Gasteiger charge is -2.22. The van der Waals surface area contributed by atoms with E-state index in [4.69, 9.17) is 4.42 Å². The summed E-state index contributed by atoms with van der Waals surface area (Å²) in [7, 11) is 0. The van der Waals surface area contributed by atoms with E-state index in [0.29, 0.717) is 0 Å². The van der Waals surface area contributed by atoms with Crippen molar-refractivity contribution in [1.82, 2.24) is 9.13 Å². The molecule has 1 aliphatic carbocycles. The molecule has 0 fully saturated rings. The monoisotopic (exact) mass is 690 g/mol. The highest BCUT2D eigenvalue weighted by Crippen LogP contribution is 2.54. The number of hydrogen-bond acceptors (Lipinski definition) is 1. The van der Waals surface area contributed by atoms with Crippen LogP contribution in [-0.4, -0.2) is 9.13 Å². The third-order valence-electron chi connectivity index (χ3n) is 12.1. The first kappa shape index (κ1) is 29.7. The molecule has 54 heavy (non-hydrogen) atoms. The largest absolute Gasteiger partial charge is 0.454 e. The van der Waals surface area contributed by atoms with Crippen LogP contribution in [0.3, 0.4) is 0 Å². The Balaban J connectivity index is 1.16. The molecule has 3 nitrogen and oxygen atoms in total. The molecule has 11 aromatic rings. The van der Waals surface area contributed by atoms with Crippen LogP contribution < -0.4 is 0 Å². The van der Waals surface area contributed by atoms with Crippen molar-refractivity contribution in [1.29, 1.82) is 0 Å². The first-order valence-electron chi connectivity index (χ1n) is 18.8. The van der Waals surface area contributed by atoms with Crippen LogP contribution in [0, 0.1) is 0 Å². The fourth-order valence-corrected chi connectivity index (χ4v) is 9.74. The van der Waals surface area contributed by atoms with Gasteiger partial charge in [0.25, 0.3) is 0 Å². The van der Waals surface area contributed by atoms with Gasteiger partial charge in [0.05, 0.1) is 27.8 Å². The van der Waals surface area contributed by atoms with Crippen molar-refractivity contribution in [3.05, 3.63) is 181 Å². The summed E-state index contributed by atoms with van der Waals surface area (Å²) in [6.45, 7) is 4.78. The number of furan rings is 1. The van der Waals surface area contributed by atoms with E-state index in [1.54, 1.807) is 0 Å². The molecular formula is C51H34N2O. The molecule has 3 heteroatoms. The molecule has 0 aliphatic heterocycles. The van der Waals surface area contributed by atoms with E-state index >= 15 is 0 Å². The third kappa shape index (κ3) is 3.85. The zero-order valence-electron chi connectivity index (χ0n) is 30.0. The second-order valence-electron chi connectivity index (χ2n) is 15.3. The Hall–Kier alpha value is -6.84. The van der Waals surface area contributed by atoms with Crippen LogP contribution in [0.2, 0.25) is 0 Å². The highest BCUT2D eigenvalue weighted by Gasteiger charge is 2.38. The van der Waals surface area contributed by atoms with E-state index in [9.17, 15) is 0 Å². The van der Waals surface area contributed by atoms with Gasteiger partial charge < -0.3 is 13.6 Å². The predicted molar refractivity (Wildman–Crippen MR) is 225 cm³/mol. The molecule has 0 bridgehead atoms. The molecule has 3 aromatic heterocycles. The minimum atomic E-state index is -0.176. The number of benzene rings is 8. The maximum atomic E-state index is 6.67. The van der Waals surface area contributed by atoms with Gasteiger partial charge >= 0.3 is 0 Å². The number of fused-ring (bicyclic) bond motifs is 13. The first-order chi connectivity index (χ1) is 26.6. The Labute approximate surface area is 311 Å². The van der Waals surface area contributed by atoms with Gasteiger partial charge in [-0.15, -0.1) is 0 Å². The molecule has 0 unspecified atom stereocenters. The second-order valence-corrected chi connectivity index (χ2v) is 15.3. The van der Waals surface area contributed by atoms with Crippen LogP contribution in [-0.2, 0) is 5.41 Å². The smallest absolute Gasteiger partial charge is 0.159 e. The van der Waals surface area contributed by atoms with Gasteiger partial charge in [0.15, 0.2) is 5.58 Å². The molecule has 1 aliphatic rings. The van der Waals surface area contributed by atoms with Gasteiger partial charge in [-0.05, 0) is 94.0 Å². The van der Waals surface area contributed by atoms with Gasteiger partial charge in [0.1, 0.15) is 5.58 Å². The lowest BCUT2D eigenvalue weighted by Crippen LogP contribution is -2.15. The lowest BCUT2D eigenvalue weighted by atomic mass is 9.80. The SMILES string of the molecule is CC1(C)c2ccccc2-c2ccc3c(c21)c1cc(-c2ccc4c(c2)c2ccccc2n4-c2ccccc2)ccc1n3-c1cccc2c1oc1ccccc12. The van der Waals surface area contributed by atoms with Gasteiger partial charge in [-0.3, -0.25) is 0 Å². The van der Waals surface area contributed by atoms with Crippen LogP contribution in [0.4, 0.5) is 0 Å². The summed E-state index contributed by atoms with van der Waals surface area (Å²) in [5.74, 6) is 0. The van der Waals surface area contributed by atoms with Gasteiger partial charge in [-0.25, -0.2) is 0 Å². The molecule has 0 amide bonds. The Morgan fingerprint density at radius 2 is 1.09 bits per heavy atom. The number of para-hydroxylation sites is 4. The van der Waals surface area contributed by atoms with Crippen LogP contribution in [0.15, 0.2) is 174 Å². The Kier molecular flexibility index (Phi) is 5.84. The Morgan fingerprint density at radius 3 is 1.94 bits per heavy atom. The summed E-state index contributed by atoms with van der Waals surface area (Å²) in [6.07, 6.45) is 0. The van der Waals surface area contributed by atoms with Gasteiger partial charge in [-0.1, -0.05) is 123 Å². The summed E-state index contributed by atoms with van der Waals surface area (Å²) in [5.41, 5.74) is 16.5. The first-order valence-corrected chi connectivity index (χ1v) is 18.8. The number of nitrogens with zero attached hydrogens (tertiary/aromatic N) is 2. The zero-order chi connectivity index (χ0) is 35.7. The zero-order valence-corrected chi connectivity index (χ0v) is 30.0. The fourth-order valence-electron chi connectivity index (χ4n) is 9.74. The number of rotatable bonds is 3. The molecule has 0 saturated heterocycles. The van der Waals surface area contributed by atoms with E-state index in [2.05, 4.69) is 187 Å². The van der Waals surface area contributed by atoms with Crippen molar-refractivity contribution in [2.75, 3.05) is 0 Å². The Bertz CT molecular complexity index is 3350. The van der Waals surface area contributed by atoms with E-state index in [-0.39, 0.29) is 5.41 Å².